The number of nitrogens with one attached hydrogen (secondary N) is 3. The highest BCUT2D eigenvalue weighted by atomic mass is 16.5. The van der Waals surface area contributed by atoms with E-state index >= 15 is 0 Å². The number of methoxy groups -OCH3 is 1. The minimum absolute atomic E-state index is 0.125. The molecule has 0 spiro atoms. The Kier molecular flexibility index (Phi) is 8.60. The molecule has 9 heteroatoms. The van der Waals surface area contributed by atoms with Crippen LogP contribution in [0, 0.1) is 0 Å². The van der Waals surface area contributed by atoms with Crippen molar-refractivity contribution in [3.05, 3.63) is 71.5 Å². The first-order valence-electron chi connectivity index (χ1n) is 11.6. The molecule has 0 aliphatic rings. The van der Waals surface area contributed by atoms with Crippen molar-refractivity contribution < 1.29 is 14.3 Å². The highest BCUT2D eigenvalue weighted by Gasteiger charge is 2.21. The van der Waals surface area contributed by atoms with Crippen LogP contribution in [0.3, 0.4) is 0 Å². The summed E-state index contributed by atoms with van der Waals surface area (Å²) in [6, 6.07) is 12.7. The van der Waals surface area contributed by atoms with Crippen molar-refractivity contribution in [2.24, 2.45) is 0 Å². The minimum atomic E-state index is -0.313. The molecule has 0 aliphatic heterocycles. The molecule has 0 fully saturated rings. The van der Waals surface area contributed by atoms with Gasteiger partial charge in [0.1, 0.15) is 5.82 Å². The van der Waals surface area contributed by atoms with Crippen molar-refractivity contribution in [1.82, 2.24) is 14.9 Å². The smallest absolute Gasteiger partial charge is 0.259 e. The molecule has 36 heavy (non-hydrogen) atoms. The third-order valence-electron chi connectivity index (χ3n) is 5.34. The van der Waals surface area contributed by atoms with E-state index in [0.29, 0.717) is 35.2 Å². The Balaban J connectivity index is 1.80. The fourth-order valence-electron chi connectivity index (χ4n) is 3.64. The van der Waals surface area contributed by atoms with E-state index in [1.54, 1.807) is 42.6 Å². The summed E-state index contributed by atoms with van der Waals surface area (Å²) in [5.41, 5.74) is 3.36. The first-order valence-corrected chi connectivity index (χ1v) is 11.6. The van der Waals surface area contributed by atoms with Crippen molar-refractivity contribution >= 4 is 29.0 Å². The van der Waals surface area contributed by atoms with Crippen LogP contribution in [0.4, 0.5) is 17.2 Å². The number of likely N-dealkylation sites (N-methyl/N-ethyl adjacent to an activating group) is 1. The van der Waals surface area contributed by atoms with Gasteiger partial charge < -0.3 is 25.6 Å². The number of carbonyl (C=O) groups is 2. The summed E-state index contributed by atoms with van der Waals surface area (Å²) in [5, 5.41) is 9.14. The highest BCUT2D eigenvalue weighted by molar-refractivity contribution is 6.07. The topological polar surface area (TPSA) is 108 Å². The molecule has 0 radical (unpaired) electrons. The van der Waals surface area contributed by atoms with Crippen LogP contribution >= 0.6 is 0 Å². The minimum Gasteiger partial charge on any atom is -0.481 e. The van der Waals surface area contributed by atoms with Gasteiger partial charge in [0.05, 0.1) is 19.2 Å². The highest BCUT2D eigenvalue weighted by Crippen LogP contribution is 2.32. The SMILES string of the molecule is COc1cc(CNc2ncccc2C(=O)Nc2ccc(C(C)(C)C)c(NC(=O)CN(C)C)c2)ccn1. The van der Waals surface area contributed by atoms with E-state index in [1.165, 1.54) is 0 Å². The molecule has 1 aromatic carbocycles. The predicted molar refractivity (Wildman–Crippen MR) is 143 cm³/mol. The van der Waals surface area contributed by atoms with Crippen LogP contribution in [0.5, 0.6) is 5.88 Å². The molecule has 3 rings (SSSR count). The van der Waals surface area contributed by atoms with Crippen molar-refractivity contribution in [2.45, 2.75) is 32.7 Å². The van der Waals surface area contributed by atoms with Crippen molar-refractivity contribution in [1.29, 1.82) is 0 Å². The third-order valence-corrected chi connectivity index (χ3v) is 5.34. The average Bonchev–Trinajstić information content (AvgIpc) is 2.82. The Hall–Kier alpha value is -3.98. The van der Waals surface area contributed by atoms with Gasteiger partial charge in [-0.15, -0.1) is 0 Å². The molecule has 0 aliphatic carbocycles. The van der Waals surface area contributed by atoms with Crippen LogP contribution in [0.25, 0.3) is 0 Å². The van der Waals surface area contributed by atoms with Crippen molar-refractivity contribution in [3.63, 3.8) is 0 Å². The molecule has 0 atom stereocenters. The van der Waals surface area contributed by atoms with Gasteiger partial charge >= 0.3 is 0 Å². The summed E-state index contributed by atoms with van der Waals surface area (Å²) in [6.45, 7) is 6.93. The number of anilines is 3. The molecule has 9 nitrogen and oxygen atoms in total. The number of rotatable bonds is 9. The lowest BCUT2D eigenvalue weighted by Crippen LogP contribution is -2.28. The molecule has 2 amide bonds. The van der Waals surface area contributed by atoms with Gasteiger partial charge in [-0.1, -0.05) is 26.8 Å². The molecule has 2 heterocycles. The first-order chi connectivity index (χ1) is 17.1. The molecule has 0 bridgehead atoms. The zero-order valence-electron chi connectivity index (χ0n) is 21.7. The largest absolute Gasteiger partial charge is 0.481 e. The fourth-order valence-corrected chi connectivity index (χ4v) is 3.64. The van der Waals surface area contributed by atoms with E-state index in [1.807, 2.05) is 38.4 Å². The molecule has 0 saturated heterocycles. The number of aromatic nitrogens is 2. The van der Waals surface area contributed by atoms with Gasteiger partial charge in [-0.3, -0.25) is 9.59 Å². The Bertz CT molecular complexity index is 1220. The van der Waals surface area contributed by atoms with Gasteiger partial charge in [-0.2, -0.15) is 0 Å². The Morgan fingerprint density at radius 2 is 1.78 bits per heavy atom. The summed E-state index contributed by atoms with van der Waals surface area (Å²) in [5.74, 6) is 0.532. The van der Waals surface area contributed by atoms with Crippen molar-refractivity contribution in [3.8, 4) is 5.88 Å². The standard InChI is InChI=1S/C27H34N6O3/c1-27(2,3)21-10-9-19(15-22(21)32-23(34)17-33(4)5)31-26(35)20-8-7-12-29-25(20)30-16-18-11-13-28-24(14-18)36-6/h7-15H,16-17H2,1-6H3,(H,29,30)(H,31,35)(H,32,34). The molecule has 0 saturated carbocycles. The maximum Gasteiger partial charge on any atom is 0.259 e. The monoisotopic (exact) mass is 490 g/mol. The van der Waals surface area contributed by atoms with Gasteiger partial charge in [-0.05, 0) is 61.0 Å². The molecule has 2 aromatic heterocycles. The second-order valence-electron chi connectivity index (χ2n) is 9.71. The van der Waals surface area contributed by atoms with Gasteiger partial charge in [0.25, 0.3) is 5.91 Å². The van der Waals surface area contributed by atoms with Gasteiger partial charge in [-0.25, -0.2) is 9.97 Å². The Labute approximate surface area is 212 Å². The van der Waals surface area contributed by atoms with Crippen LogP contribution in [0.2, 0.25) is 0 Å². The number of hydrogen-bond donors (Lipinski definition) is 3. The van der Waals surface area contributed by atoms with Crippen LogP contribution in [0.1, 0.15) is 42.3 Å². The van der Waals surface area contributed by atoms with Gasteiger partial charge in [0.2, 0.25) is 11.8 Å². The lowest BCUT2D eigenvalue weighted by atomic mass is 9.85. The van der Waals surface area contributed by atoms with Gasteiger partial charge in [0.15, 0.2) is 0 Å². The van der Waals surface area contributed by atoms with E-state index in [2.05, 4.69) is 46.7 Å². The second-order valence-corrected chi connectivity index (χ2v) is 9.71. The number of ether oxygens (including phenoxy) is 1. The number of pyridine rings is 2. The van der Waals surface area contributed by atoms with Crippen LogP contribution in [-0.4, -0.2) is 54.4 Å². The quantitative estimate of drug-likeness (QED) is 0.414. The summed E-state index contributed by atoms with van der Waals surface area (Å²) in [7, 11) is 5.24. The predicted octanol–water partition coefficient (Wildman–Crippen LogP) is 4.15. The Morgan fingerprint density at radius 3 is 2.47 bits per heavy atom. The van der Waals surface area contributed by atoms with E-state index < -0.39 is 0 Å². The van der Waals surface area contributed by atoms with E-state index in [9.17, 15) is 9.59 Å². The number of carbonyl (C=O) groups excluding carboxylic acids is 2. The summed E-state index contributed by atoms with van der Waals surface area (Å²) in [4.78, 5) is 35.9. The maximum atomic E-state index is 13.2. The molecule has 190 valence electrons. The lowest BCUT2D eigenvalue weighted by Gasteiger charge is -2.24. The second kappa shape index (κ2) is 11.6. The van der Waals surface area contributed by atoms with Crippen LogP contribution in [0.15, 0.2) is 54.9 Å². The normalized spacial score (nSPS) is 11.2. The van der Waals surface area contributed by atoms with Gasteiger partial charge in [0, 0.05) is 36.4 Å². The molecular formula is C27H34N6O3. The zero-order chi connectivity index (χ0) is 26.3. The third kappa shape index (κ3) is 7.26. The zero-order valence-corrected chi connectivity index (χ0v) is 21.7. The van der Waals surface area contributed by atoms with E-state index in [0.717, 1.165) is 11.1 Å². The van der Waals surface area contributed by atoms with E-state index in [4.69, 9.17) is 4.74 Å². The molecular weight excluding hydrogens is 456 g/mol. The average molecular weight is 491 g/mol. The first kappa shape index (κ1) is 26.6. The summed E-state index contributed by atoms with van der Waals surface area (Å²) < 4.78 is 5.17. The van der Waals surface area contributed by atoms with Crippen LogP contribution in [-0.2, 0) is 16.8 Å². The fraction of sp³-hybridized carbons (Fsp3) is 0.333. The maximum absolute atomic E-state index is 13.2. The number of amides is 2. The Morgan fingerprint density at radius 1 is 1.00 bits per heavy atom. The number of hydrogen-bond acceptors (Lipinski definition) is 7. The summed E-state index contributed by atoms with van der Waals surface area (Å²) >= 11 is 0. The summed E-state index contributed by atoms with van der Waals surface area (Å²) in [6.07, 6.45) is 3.29. The van der Waals surface area contributed by atoms with E-state index in [-0.39, 0.29) is 23.8 Å². The molecule has 0 unspecified atom stereocenters. The number of nitrogens with zero attached hydrogens (tertiary/aromatic N) is 3. The van der Waals surface area contributed by atoms with Crippen molar-refractivity contribution in [2.75, 3.05) is 43.7 Å². The molecule has 3 aromatic rings. The lowest BCUT2D eigenvalue weighted by molar-refractivity contribution is -0.116. The van der Waals surface area contributed by atoms with Crippen LogP contribution < -0.4 is 20.7 Å². The number of benzene rings is 1. The molecule has 3 N–H and O–H groups in total.